The molecule has 1 amide bonds. The van der Waals surface area contributed by atoms with Crippen LogP contribution in [0.25, 0.3) is 33.7 Å². The van der Waals surface area contributed by atoms with Gasteiger partial charge in [-0.3, -0.25) is 14.8 Å². The van der Waals surface area contributed by atoms with E-state index in [0.717, 1.165) is 10.9 Å². The number of aromatic nitrogens is 5. The van der Waals surface area contributed by atoms with Crippen molar-refractivity contribution in [2.45, 2.75) is 19.6 Å². The van der Waals surface area contributed by atoms with Crippen LogP contribution in [0, 0.1) is 0 Å². The first-order valence-corrected chi connectivity index (χ1v) is 9.27. The number of carbonyl (C=O) groups is 1. The van der Waals surface area contributed by atoms with Gasteiger partial charge in [0, 0.05) is 37.8 Å². The fourth-order valence-corrected chi connectivity index (χ4v) is 3.21. The van der Waals surface area contributed by atoms with Crippen LogP contribution in [-0.4, -0.2) is 49.6 Å². The van der Waals surface area contributed by atoms with Crippen molar-refractivity contribution in [2.75, 3.05) is 14.1 Å². The second-order valence-corrected chi connectivity index (χ2v) is 6.95. The van der Waals surface area contributed by atoms with Crippen LogP contribution in [0.2, 0.25) is 0 Å². The monoisotopic (exact) mass is 430 g/mol. The molecule has 11 heteroatoms. The van der Waals surface area contributed by atoms with Crippen LogP contribution in [0.5, 0.6) is 0 Å². The summed E-state index contributed by atoms with van der Waals surface area (Å²) in [5.41, 5.74) is 2.55. The highest BCUT2D eigenvalue weighted by Gasteiger charge is 2.38. The Morgan fingerprint density at radius 3 is 2.55 bits per heavy atom. The minimum absolute atomic E-state index is 0.128. The Balaban J connectivity index is 1.75. The quantitative estimate of drug-likeness (QED) is 0.488. The molecule has 0 aliphatic rings. The lowest BCUT2D eigenvalue weighted by molar-refractivity contribution is -0.159. The van der Waals surface area contributed by atoms with Crippen molar-refractivity contribution in [3.63, 3.8) is 0 Å². The highest BCUT2D eigenvalue weighted by molar-refractivity contribution is 5.99. The van der Waals surface area contributed by atoms with Crippen LogP contribution in [0.4, 0.5) is 13.2 Å². The van der Waals surface area contributed by atoms with Gasteiger partial charge in [0.25, 0.3) is 5.91 Å². The molecule has 0 unspecified atom stereocenters. The summed E-state index contributed by atoms with van der Waals surface area (Å²) < 4.78 is 44.4. The topological polar surface area (TPSA) is 89.9 Å². The number of nitrogens with zero attached hydrogens (tertiary/aromatic N) is 6. The lowest BCUT2D eigenvalue weighted by atomic mass is 10.1. The van der Waals surface area contributed by atoms with Crippen LogP contribution in [-0.2, 0) is 12.7 Å². The van der Waals surface area contributed by atoms with Gasteiger partial charge in [0.15, 0.2) is 0 Å². The maximum atomic E-state index is 12.7. The number of alkyl halides is 3. The van der Waals surface area contributed by atoms with Gasteiger partial charge in [-0.05, 0) is 31.2 Å². The van der Waals surface area contributed by atoms with Crippen molar-refractivity contribution in [3.8, 4) is 22.8 Å². The molecule has 8 nitrogen and oxygen atoms in total. The highest BCUT2D eigenvalue weighted by Crippen LogP contribution is 2.30. The number of pyridine rings is 2. The number of halogens is 3. The lowest BCUT2D eigenvalue weighted by Gasteiger charge is -2.12. The first-order valence-electron chi connectivity index (χ1n) is 9.27. The molecule has 0 aliphatic heterocycles. The van der Waals surface area contributed by atoms with E-state index in [1.165, 1.54) is 23.2 Å². The van der Waals surface area contributed by atoms with E-state index >= 15 is 0 Å². The average molecular weight is 430 g/mol. The Hall–Kier alpha value is -3.76. The molecule has 0 aromatic carbocycles. The third-order valence-corrected chi connectivity index (χ3v) is 4.68. The molecule has 0 saturated heterocycles. The van der Waals surface area contributed by atoms with Crippen LogP contribution in [0.3, 0.4) is 0 Å². The number of amides is 1. The van der Waals surface area contributed by atoms with Crippen LogP contribution >= 0.6 is 0 Å². The number of hydrogen-bond acceptors (Lipinski definition) is 6. The minimum Gasteiger partial charge on any atom is -0.343 e. The Kier molecular flexibility index (Phi) is 4.96. The van der Waals surface area contributed by atoms with Crippen LogP contribution < -0.4 is 0 Å². The molecule has 0 spiro atoms. The summed E-state index contributed by atoms with van der Waals surface area (Å²) in [5, 5.41) is 4.19. The highest BCUT2D eigenvalue weighted by atomic mass is 19.4. The Bertz CT molecular complexity index is 1280. The van der Waals surface area contributed by atoms with Crippen molar-refractivity contribution >= 4 is 16.8 Å². The second kappa shape index (κ2) is 7.49. The maximum Gasteiger partial charge on any atom is 0.471 e. The molecule has 160 valence electrons. The van der Waals surface area contributed by atoms with E-state index < -0.39 is 12.1 Å². The van der Waals surface area contributed by atoms with Crippen molar-refractivity contribution in [1.82, 2.24) is 29.6 Å². The van der Waals surface area contributed by atoms with Crippen molar-refractivity contribution in [3.05, 3.63) is 48.2 Å². The molecule has 0 N–H and O–H groups in total. The molecule has 0 saturated carbocycles. The zero-order chi connectivity index (χ0) is 22.3. The van der Waals surface area contributed by atoms with Gasteiger partial charge in [-0.25, -0.2) is 0 Å². The number of aryl methyl sites for hydroxylation is 1. The molecule has 4 heterocycles. The van der Waals surface area contributed by atoms with E-state index in [1.807, 2.05) is 11.5 Å². The molecule has 4 aromatic heterocycles. The number of fused-ring (bicyclic) bond motifs is 1. The minimum atomic E-state index is -4.72. The Morgan fingerprint density at radius 1 is 1.16 bits per heavy atom. The van der Waals surface area contributed by atoms with Gasteiger partial charge < -0.3 is 14.0 Å². The predicted molar refractivity (Wildman–Crippen MR) is 105 cm³/mol. The van der Waals surface area contributed by atoms with E-state index in [0.29, 0.717) is 29.2 Å². The van der Waals surface area contributed by atoms with Crippen molar-refractivity contribution in [1.29, 1.82) is 0 Å². The van der Waals surface area contributed by atoms with E-state index in [4.69, 9.17) is 0 Å². The summed E-state index contributed by atoms with van der Waals surface area (Å²) in [4.78, 5) is 26.1. The molecule has 0 radical (unpaired) electrons. The zero-order valence-electron chi connectivity index (χ0n) is 16.8. The summed E-state index contributed by atoms with van der Waals surface area (Å²) in [6, 6.07) is 6.57. The Morgan fingerprint density at radius 2 is 1.90 bits per heavy atom. The lowest BCUT2D eigenvalue weighted by Crippen LogP contribution is -2.24. The number of hydrogen-bond donors (Lipinski definition) is 0. The summed E-state index contributed by atoms with van der Waals surface area (Å²) in [5.74, 6) is -1.75. The van der Waals surface area contributed by atoms with E-state index in [9.17, 15) is 18.0 Å². The molecular formula is C20H17F3N6O2. The smallest absolute Gasteiger partial charge is 0.343 e. The van der Waals surface area contributed by atoms with Gasteiger partial charge in [-0.15, -0.1) is 0 Å². The van der Waals surface area contributed by atoms with Gasteiger partial charge in [0.05, 0.1) is 23.1 Å². The Labute approximate surface area is 174 Å². The van der Waals surface area contributed by atoms with Gasteiger partial charge in [-0.1, -0.05) is 5.16 Å². The zero-order valence-corrected chi connectivity index (χ0v) is 16.8. The second-order valence-electron chi connectivity index (χ2n) is 6.95. The summed E-state index contributed by atoms with van der Waals surface area (Å²) in [6.45, 7) is 2.53. The fourth-order valence-electron chi connectivity index (χ4n) is 3.21. The summed E-state index contributed by atoms with van der Waals surface area (Å²) in [6.07, 6.45) is -1.65. The predicted octanol–water partition coefficient (Wildman–Crippen LogP) is 3.89. The van der Waals surface area contributed by atoms with E-state index in [-0.39, 0.29) is 11.7 Å². The van der Waals surface area contributed by atoms with Gasteiger partial charge in [0.2, 0.25) is 5.82 Å². The number of rotatable bonds is 4. The van der Waals surface area contributed by atoms with Crippen molar-refractivity contribution < 1.29 is 22.5 Å². The molecule has 0 fully saturated rings. The van der Waals surface area contributed by atoms with Crippen molar-refractivity contribution in [2.24, 2.45) is 0 Å². The van der Waals surface area contributed by atoms with Crippen LogP contribution in [0.1, 0.15) is 23.3 Å². The van der Waals surface area contributed by atoms with Gasteiger partial charge in [-0.2, -0.15) is 18.2 Å². The average Bonchev–Trinajstić information content (AvgIpc) is 3.37. The molecule has 4 aromatic rings. The third kappa shape index (κ3) is 3.74. The standard InChI is InChI=1S/C20H17F3N6O2/c1-4-29-15(18(30)28(2)3)9-12-8-14(25-10-16(12)29)13-7-11(5-6-24-13)17-26-19(31-27-17)20(21,22)23/h5-10H,4H2,1-3H3. The molecule has 0 aliphatic carbocycles. The maximum absolute atomic E-state index is 12.7. The fraction of sp³-hybridized carbons (Fsp3) is 0.250. The van der Waals surface area contributed by atoms with Gasteiger partial charge in [0.1, 0.15) is 5.69 Å². The first-order chi connectivity index (χ1) is 14.7. The molecule has 0 atom stereocenters. The van der Waals surface area contributed by atoms with E-state index in [2.05, 4.69) is 24.6 Å². The third-order valence-electron chi connectivity index (χ3n) is 4.68. The molecular weight excluding hydrogens is 413 g/mol. The summed E-state index contributed by atoms with van der Waals surface area (Å²) >= 11 is 0. The molecule has 31 heavy (non-hydrogen) atoms. The van der Waals surface area contributed by atoms with Crippen LogP contribution in [0.15, 0.2) is 41.2 Å². The molecule has 4 rings (SSSR count). The molecule has 0 bridgehead atoms. The first kappa shape index (κ1) is 20.5. The van der Waals surface area contributed by atoms with Gasteiger partial charge >= 0.3 is 12.1 Å². The SMILES string of the molecule is CCn1c(C(=O)N(C)C)cc2cc(-c3cc(-c4noc(C(F)(F)F)n4)ccn3)ncc21. The largest absolute Gasteiger partial charge is 0.471 e. The number of carbonyl (C=O) groups excluding carboxylic acids is 1. The van der Waals surface area contributed by atoms with E-state index in [1.54, 1.807) is 32.4 Å². The normalized spacial score (nSPS) is 11.8. The summed E-state index contributed by atoms with van der Waals surface area (Å²) in [7, 11) is 3.36.